The lowest BCUT2D eigenvalue weighted by Gasteiger charge is -2.24. The third-order valence-electron chi connectivity index (χ3n) is 2.74. The molecule has 0 aliphatic carbocycles. The second kappa shape index (κ2) is 5.78. The van der Waals surface area contributed by atoms with Crippen LogP contribution in [0.15, 0.2) is 25.3 Å². The first-order chi connectivity index (χ1) is 7.91. The molecular formula is C13H22O4. The minimum atomic E-state index is -0.792. The zero-order valence-corrected chi connectivity index (χ0v) is 10.5. The molecule has 0 aromatic heterocycles. The minimum Gasteiger partial charge on any atom is -0.390 e. The maximum atomic E-state index is 9.96. The fourth-order valence-corrected chi connectivity index (χ4v) is 2.02. The highest BCUT2D eigenvalue weighted by molar-refractivity contribution is 4.94. The number of hydrogen-bond acceptors (Lipinski definition) is 4. The van der Waals surface area contributed by atoms with Gasteiger partial charge in [0.05, 0.1) is 12.2 Å². The molecule has 0 aromatic carbocycles. The van der Waals surface area contributed by atoms with E-state index in [2.05, 4.69) is 13.2 Å². The second-order valence-corrected chi connectivity index (χ2v) is 4.75. The maximum absolute atomic E-state index is 9.96. The molecule has 2 N–H and O–H groups in total. The molecule has 1 saturated heterocycles. The van der Waals surface area contributed by atoms with Crippen molar-refractivity contribution in [1.82, 2.24) is 0 Å². The monoisotopic (exact) mass is 242 g/mol. The van der Waals surface area contributed by atoms with Gasteiger partial charge in [-0.25, -0.2) is 0 Å². The van der Waals surface area contributed by atoms with E-state index in [1.165, 1.54) is 0 Å². The molecule has 0 amide bonds. The molecule has 0 aromatic rings. The third kappa shape index (κ3) is 3.64. The number of rotatable bonds is 6. The van der Waals surface area contributed by atoms with Crippen LogP contribution in [0, 0.1) is 0 Å². The van der Waals surface area contributed by atoms with E-state index in [1.54, 1.807) is 26.0 Å². The van der Waals surface area contributed by atoms with Crippen molar-refractivity contribution in [2.45, 2.75) is 56.9 Å². The van der Waals surface area contributed by atoms with E-state index < -0.39 is 30.2 Å². The first-order valence-electron chi connectivity index (χ1n) is 5.85. The maximum Gasteiger partial charge on any atom is 0.164 e. The highest BCUT2D eigenvalue weighted by Gasteiger charge is 2.47. The summed E-state index contributed by atoms with van der Waals surface area (Å²) in [5.41, 5.74) is 0. The van der Waals surface area contributed by atoms with Crippen LogP contribution in [-0.2, 0) is 9.47 Å². The van der Waals surface area contributed by atoms with E-state index >= 15 is 0 Å². The van der Waals surface area contributed by atoms with Crippen molar-refractivity contribution in [3.05, 3.63) is 25.3 Å². The van der Waals surface area contributed by atoms with Crippen LogP contribution in [0.4, 0.5) is 0 Å². The van der Waals surface area contributed by atoms with Gasteiger partial charge in [-0.1, -0.05) is 12.2 Å². The molecule has 0 bridgehead atoms. The van der Waals surface area contributed by atoms with Crippen LogP contribution in [0.2, 0.25) is 0 Å². The number of aliphatic hydroxyl groups excluding tert-OH is 2. The largest absolute Gasteiger partial charge is 0.390 e. The van der Waals surface area contributed by atoms with Gasteiger partial charge in [-0.15, -0.1) is 13.2 Å². The second-order valence-electron chi connectivity index (χ2n) is 4.75. The smallest absolute Gasteiger partial charge is 0.164 e. The highest BCUT2D eigenvalue weighted by atomic mass is 16.8. The summed E-state index contributed by atoms with van der Waals surface area (Å²) in [4.78, 5) is 0. The number of hydrogen-bond donors (Lipinski definition) is 2. The van der Waals surface area contributed by atoms with Gasteiger partial charge >= 0.3 is 0 Å². The van der Waals surface area contributed by atoms with Crippen LogP contribution in [0.5, 0.6) is 0 Å². The van der Waals surface area contributed by atoms with E-state index in [4.69, 9.17) is 9.47 Å². The van der Waals surface area contributed by atoms with Gasteiger partial charge in [0.15, 0.2) is 5.79 Å². The van der Waals surface area contributed by atoms with Crippen molar-refractivity contribution < 1.29 is 19.7 Å². The molecule has 0 radical (unpaired) electrons. The fraction of sp³-hybridized carbons (Fsp3) is 0.692. The quantitative estimate of drug-likeness (QED) is 0.691. The van der Waals surface area contributed by atoms with E-state index in [0.29, 0.717) is 12.8 Å². The molecule has 4 nitrogen and oxygen atoms in total. The summed E-state index contributed by atoms with van der Waals surface area (Å²) in [6.07, 6.45) is 1.52. The van der Waals surface area contributed by atoms with Crippen molar-refractivity contribution in [3.8, 4) is 0 Å². The molecule has 1 rings (SSSR count). The molecule has 1 aliphatic rings. The van der Waals surface area contributed by atoms with Crippen molar-refractivity contribution in [2.24, 2.45) is 0 Å². The summed E-state index contributed by atoms with van der Waals surface area (Å²) in [7, 11) is 0. The Kier molecular flexibility index (Phi) is 4.89. The average Bonchev–Trinajstić information content (AvgIpc) is 2.55. The summed E-state index contributed by atoms with van der Waals surface area (Å²) in [5.74, 6) is -0.792. The Bertz CT molecular complexity index is 249. The van der Waals surface area contributed by atoms with Gasteiger partial charge in [-0.2, -0.15) is 0 Å². The van der Waals surface area contributed by atoms with Gasteiger partial charge in [-0.05, 0) is 26.7 Å². The van der Waals surface area contributed by atoms with Crippen molar-refractivity contribution in [2.75, 3.05) is 0 Å². The molecule has 0 unspecified atom stereocenters. The summed E-state index contributed by atoms with van der Waals surface area (Å²) in [6, 6.07) is 0. The van der Waals surface area contributed by atoms with Crippen LogP contribution in [0.1, 0.15) is 26.7 Å². The fourth-order valence-electron chi connectivity index (χ4n) is 2.02. The Morgan fingerprint density at radius 2 is 1.41 bits per heavy atom. The van der Waals surface area contributed by atoms with Gasteiger partial charge < -0.3 is 19.7 Å². The van der Waals surface area contributed by atoms with Crippen LogP contribution in [-0.4, -0.2) is 40.4 Å². The van der Waals surface area contributed by atoms with Gasteiger partial charge in [0.25, 0.3) is 0 Å². The topological polar surface area (TPSA) is 58.9 Å². The molecule has 0 spiro atoms. The highest BCUT2D eigenvalue weighted by Crippen LogP contribution is 2.33. The molecule has 4 heteroatoms. The lowest BCUT2D eigenvalue weighted by atomic mass is 9.99. The van der Waals surface area contributed by atoms with Gasteiger partial charge in [-0.3, -0.25) is 0 Å². The number of ether oxygens (including phenoxy) is 2. The summed E-state index contributed by atoms with van der Waals surface area (Å²) < 4.78 is 11.3. The standard InChI is InChI=1S/C13H22O4/c1-5-7-9(14)11-12(10(15)8-6-2)17-13(3,4)16-11/h5-6,9-12,14-15H,1-2,7-8H2,3-4H3/t9-,10-,11-,12-/m0/s1. The molecule has 1 heterocycles. The first kappa shape index (κ1) is 14.4. The molecule has 1 aliphatic heterocycles. The normalized spacial score (nSPS) is 30.8. The van der Waals surface area contributed by atoms with Crippen LogP contribution < -0.4 is 0 Å². The van der Waals surface area contributed by atoms with Crippen LogP contribution in [0.3, 0.4) is 0 Å². The van der Waals surface area contributed by atoms with Crippen molar-refractivity contribution in [3.63, 3.8) is 0 Å². The minimum absolute atomic E-state index is 0.404. The summed E-state index contributed by atoms with van der Waals surface area (Å²) >= 11 is 0. The third-order valence-corrected chi connectivity index (χ3v) is 2.74. The van der Waals surface area contributed by atoms with Gasteiger partial charge in [0.2, 0.25) is 0 Å². The summed E-state index contributed by atoms with van der Waals surface area (Å²) in [6.45, 7) is 10.7. The van der Waals surface area contributed by atoms with Crippen LogP contribution >= 0.6 is 0 Å². The Morgan fingerprint density at radius 1 is 1.06 bits per heavy atom. The van der Waals surface area contributed by atoms with Crippen molar-refractivity contribution in [1.29, 1.82) is 0 Å². The average molecular weight is 242 g/mol. The predicted molar refractivity (Wildman–Crippen MR) is 65.5 cm³/mol. The Balaban J connectivity index is 2.76. The molecule has 4 atom stereocenters. The number of aliphatic hydroxyl groups is 2. The summed E-state index contributed by atoms with van der Waals surface area (Å²) in [5, 5.41) is 19.9. The zero-order chi connectivity index (χ0) is 13.1. The van der Waals surface area contributed by atoms with Gasteiger partial charge in [0.1, 0.15) is 12.2 Å². The van der Waals surface area contributed by atoms with E-state index in [-0.39, 0.29) is 0 Å². The van der Waals surface area contributed by atoms with Crippen LogP contribution in [0.25, 0.3) is 0 Å². The first-order valence-corrected chi connectivity index (χ1v) is 5.85. The zero-order valence-electron chi connectivity index (χ0n) is 10.5. The predicted octanol–water partition coefficient (Wildman–Crippen LogP) is 1.38. The van der Waals surface area contributed by atoms with Gasteiger partial charge in [0, 0.05) is 0 Å². The molecule has 98 valence electrons. The SMILES string of the molecule is C=CC[C@H](O)[C@@H]1OC(C)(C)O[C@H]1[C@@H](O)CC=C. The van der Waals surface area contributed by atoms with E-state index in [1.807, 2.05) is 0 Å². The van der Waals surface area contributed by atoms with Crippen molar-refractivity contribution >= 4 is 0 Å². The molecule has 0 saturated carbocycles. The molecule has 1 fully saturated rings. The Hall–Kier alpha value is -0.680. The molecular weight excluding hydrogens is 220 g/mol. The Morgan fingerprint density at radius 3 is 1.71 bits per heavy atom. The molecule has 17 heavy (non-hydrogen) atoms. The lowest BCUT2D eigenvalue weighted by Crippen LogP contribution is -2.41. The Labute approximate surface area is 103 Å². The van der Waals surface area contributed by atoms with E-state index in [9.17, 15) is 10.2 Å². The lowest BCUT2D eigenvalue weighted by molar-refractivity contribution is -0.160. The van der Waals surface area contributed by atoms with E-state index in [0.717, 1.165) is 0 Å².